The number of nitrogens with one attached hydrogen (secondary N) is 4. The molecule has 75 heavy (non-hydrogen) atoms. The number of methoxy groups -OCH3 is 4. The molecule has 0 atom stereocenters. The van der Waals surface area contributed by atoms with Crippen LogP contribution >= 0.6 is 0 Å². The maximum atomic E-state index is 14.6. The van der Waals surface area contributed by atoms with E-state index in [1.165, 1.54) is 70.9 Å². The van der Waals surface area contributed by atoms with Crippen molar-refractivity contribution in [3.8, 4) is 46.0 Å². The highest BCUT2D eigenvalue weighted by atomic mass is 19.4. The number of esters is 1. The first kappa shape index (κ1) is 60.0. The Morgan fingerprint density at radius 3 is 1.01 bits per heavy atom. The molecule has 0 bridgehead atoms. The largest absolute Gasteiger partial charge is 0.496 e. The summed E-state index contributed by atoms with van der Waals surface area (Å²) in [6.45, 7) is 20.5. The second-order valence-corrected chi connectivity index (χ2v) is 19.8. The van der Waals surface area contributed by atoms with Crippen LogP contribution in [0.1, 0.15) is 118 Å². The molecular formula is C54H69F3N4O14. The third kappa shape index (κ3) is 17.0. The Labute approximate surface area is 435 Å². The van der Waals surface area contributed by atoms with E-state index in [4.69, 9.17) is 42.6 Å². The molecule has 0 aliphatic carbocycles. The van der Waals surface area contributed by atoms with Gasteiger partial charge >= 0.3 is 18.1 Å². The molecule has 0 fully saturated rings. The van der Waals surface area contributed by atoms with Crippen molar-refractivity contribution in [2.45, 2.75) is 87.9 Å². The summed E-state index contributed by atoms with van der Waals surface area (Å²) in [5.74, 6) is -5.50. The topological polar surface area (TPSA) is 217 Å². The Kier molecular flexibility index (Phi) is 20.8. The first-order valence-electron chi connectivity index (χ1n) is 24.0. The molecule has 4 aromatic carbocycles. The maximum absolute atomic E-state index is 14.6. The van der Waals surface area contributed by atoms with Gasteiger partial charge in [-0.25, -0.2) is 4.79 Å². The van der Waals surface area contributed by atoms with Crippen molar-refractivity contribution in [2.75, 3.05) is 76.1 Å². The van der Waals surface area contributed by atoms with Crippen molar-refractivity contribution >= 4 is 52.3 Å². The number of ether oxygens (including phenoxy) is 9. The van der Waals surface area contributed by atoms with Crippen molar-refractivity contribution in [3.63, 3.8) is 0 Å². The SMILES string of the molecule is COc1cc(OC)c(C(=O)Nc2cc(C(=O)Nc3cc(C(=O)OC(C)(C)C)c(OC)cc3OC)c(OCC(C)C)cc2OCC(C)C)cc1NC(=O)c1cc(NC(=O)C(F)(F)F)c(OCC(C)C)cc1OCC(C)C. The van der Waals surface area contributed by atoms with E-state index < -0.39 is 47.1 Å². The summed E-state index contributed by atoms with van der Waals surface area (Å²) in [4.78, 5) is 69.0. The van der Waals surface area contributed by atoms with E-state index in [0.29, 0.717) is 0 Å². The maximum Gasteiger partial charge on any atom is 0.471 e. The van der Waals surface area contributed by atoms with Crippen molar-refractivity contribution < 1.29 is 79.8 Å². The van der Waals surface area contributed by atoms with Crippen molar-refractivity contribution in [1.29, 1.82) is 0 Å². The van der Waals surface area contributed by atoms with E-state index in [9.17, 15) is 37.1 Å². The number of anilines is 4. The van der Waals surface area contributed by atoms with Crippen LogP contribution in [0.25, 0.3) is 0 Å². The number of hydrogen-bond acceptors (Lipinski definition) is 14. The molecule has 4 N–H and O–H groups in total. The van der Waals surface area contributed by atoms with E-state index in [-0.39, 0.29) is 135 Å². The summed E-state index contributed by atoms with van der Waals surface area (Å²) in [6.07, 6.45) is -5.28. The van der Waals surface area contributed by atoms with Gasteiger partial charge in [-0.2, -0.15) is 13.2 Å². The van der Waals surface area contributed by atoms with E-state index in [2.05, 4.69) is 16.0 Å². The molecule has 21 heteroatoms. The average molecular weight is 1060 g/mol. The van der Waals surface area contributed by atoms with Gasteiger partial charge in [0.25, 0.3) is 17.7 Å². The second-order valence-electron chi connectivity index (χ2n) is 19.8. The molecule has 4 amide bonds. The van der Waals surface area contributed by atoms with Crippen LogP contribution in [0, 0.1) is 23.7 Å². The van der Waals surface area contributed by atoms with Crippen LogP contribution in [-0.4, -0.2) is 96.2 Å². The van der Waals surface area contributed by atoms with Crippen LogP contribution in [0.4, 0.5) is 35.9 Å². The van der Waals surface area contributed by atoms with E-state index >= 15 is 0 Å². The lowest BCUT2D eigenvalue weighted by Crippen LogP contribution is -2.30. The van der Waals surface area contributed by atoms with E-state index in [1.807, 2.05) is 55.4 Å². The number of carbonyl (C=O) groups is 5. The molecule has 0 unspecified atom stereocenters. The highest BCUT2D eigenvalue weighted by Gasteiger charge is 2.39. The summed E-state index contributed by atoms with van der Waals surface area (Å²) < 4.78 is 92.7. The summed E-state index contributed by atoms with van der Waals surface area (Å²) >= 11 is 0. The van der Waals surface area contributed by atoms with Gasteiger partial charge in [0, 0.05) is 24.3 Å². The van der Waals surface area contributed by atoms with Gasteiger partial charge in [-0.1, -0.05) is 55.4 Å². The molecule has 0 saturated heterocycles. The molecule has 0 aromatic heterocycles. The zero-order valence-corrected chi connectivity index (χ0v) is 45.1. The summed E-state index contributed by atoms with van der Waals surface area (Å²) in [5, 5.41) is 10.1. The van der Waals surface area contributed by atoms with Crippen LogP contribution < -0.4 is 59.2 Å². The van der Waals surface area contributed by atoms with Gasteiger partial charge in [0.2, 0.25) is 0 Å². The molecule has 0 spiro atoms. The molecular weight excluding hydrogens is 986 g/mol. The van der Waals surface area contributed by atoms with Gasteiger partial charge in [0.15, 0.2) is 0 Å². The highest BCUT2D eigenvalue weighted by Crippen LogP contribution is 2.41. The minimum Gasteiger partial charge on any atom is -0.496 e. The van der Waals surface area contributed by atoms with Crippen molar-refractivity contribution in [3.05, 3.63) is 70.8 Å². The fraction of sp³-hybridized carbons (Fsp3) is 0.463. The van der Waals surface area contributed by atoms with Gasteiger partial charge in [0.1, 0.15) is 57.2 Å². The minimum atomic E-state index is -5.28. The van der Waals surface area contributed by atoms with Gasteiger partial charge in [0.05, 0.1) is 94.3 Å². The lowest BCUT2D eigenvalue weighted by Gasteiger charge is -2.22. The quantitative estimate of drug-likeness (QED) is 0.0480. The Bertz CT molecular complexity index is 2700. The third-order valence-corrected chi connectivity index (χ3v) is 10.1. The monoisotopic (exact) mass is 1050 g/mol. The highest BCUT2D eigenvalue weighted by molar-refractivity contribution is 6.13. The molecule has 410 valence electrons. The molecule has 0 aliphatic heterocycles. The number of amides is 4. The number of halogens is 3. The van der Waals surface area contributed by atoms with Crippen LogP contribution in [0.15, 0.2) is 48.5 Å². The number of carbonyl (C=O) groups excluding carboxylic acids is 5. The fourth-order valence-electron chi connectivity index (χ4n) is 6.60. The molecule has 4 rings (SSSR count). The number of hydrogen-bond donors (Lipinski definition) is 4. The van der Waals surface area contributed by atoms with Crippen LogP contribution in [0.2, 0.25) is 0 Å². The van der Waals surface area contributed by atoms with E-state index in [0.717, 1.165) is 6.07 Å². The summed E-state index contributed by atoms with van der Waals surface area (Å²) in [5.41, 5.74) is -1.90. The number of alkyl halides is 3. The smallest absolute Gasteiger partial charge is 0.471 e. The molecule has 0 heterocycles. The van der Waals surface area contributed by atoms with E-state index in [1.54, 1.807) is 26.1 Å². The van der Waals surface area contributed by atoms with Crippen molar-refractivity contribution in [2.24, 2.45) is 23.7 Å². The lowest BCUT2D eigenvalue weighted by molar-refractivity contribution is -0.167. The molecule has 0 aliphatic rings. The van der Waals surface area contributed by atoms with Crippen molar-refractivity contribution in [1.82, 2.24) is 0 Å². The second kappa shape index (κ2) is 26.1. The Balaban J connectivity index is 1.87. The normalized spacial score (nSPS) is 11.5. The molecule has 0 saturated carbocycles. The van der Waals surface area contributed by atoms with Gasteiger partial charge in [-0.05, 0) is 68.7 Å². The summed E-state index contributed by atoms with van der Waals surface area (Å²) in [7, 11) is 5.32. The first-order valence-corrected chi connectivity index (χ1v) is 24.0. The third-order valence-electron chi connectivity index (χ3n) is 10.1. The van der Waals surface area contributed by atoms with Gasteiger partial charge in [-0.15, -0.1) is 0 Å². The zero-order valence-electron chi connectivity index (χ0n) is 45.1. The summed E-state index contributed by atoms with van der Waals surface area (Å²) in [6, 6.07) is 10.4. The van der Waals surface area contributed by atoms with Crippen LogP contribution in [-0.2, 0) is 9.53 Å². The fourth-order valence-corrected chi connectivity index (χ4v) is 6.60. The van der Waals surface area contributed by atoms with Crippen LogP contribution in [0.3, 0.4) is 0 Å². The Morgan fingerprint density at radius 1 is 0.413 bits per heavy atom. The molecule has 0 radical (unpaired) electrons. The number of rotatable bonds is 24. The standard InChI is InChI=1S/C54H69F3N4O14/c1-28(2)24-71-42-22-46(73-26-30(5)6)38(17-33(42)49(63)59-37-19-35(51(65)75-53(9,10)11)41(68-13)21-45(37)70-15)60-48(62)32-16-36(44(69-14)20-40(32)67-12)58-50(64)34-18-39(61-52(66)54(55,56)57)47(74-27-31(7)8)23-43(34)72-25-29(3)4/h16-23,28-31H,24-27H2,1-15H3,(H,58,64)(H,59,63)(H,60,62)(H,61,66). The molecule has 4 aromatic rings. The predicted molar refractivity (Wildman–Crippen MR) is 277 cm³/mol. The van der Waals surface area contributed by atoms with Gasteiger partial charge in [-0.3, -0.25) is 19.2 Å². The lowest BCUT2D eigenvalue weighted by atomic mass is 10.1. The first-order chi connectivity index (χ1) is 35.1. The predicted octanol–water partition coefficient (Wildman–Crippen LogP) is 11.1. The van der Waals surface area contributed by atoms with Gasteiger partial charge < -0.3 is 63.9 Å². The Morgan fingerprint density at radius 2 is 0.693 bits per heavy atom. The number of benzene rings is 4. The molecule has 18 nitrogen and oxygen atoms in total. The zero-order chi connectivity index (χ0) is 56.1. The Hall–Kier alpha value is -7.58. The average Bonchev–Trinajstić information content (AvgIpc) is 3.32. The van der Waals surface area contributed by atoms with Crippen LogP contribution in [0.5, 0.6) is 46.0 Å². The minimum absolute atomic E-state index is 0.000707.